The van der Waals surface area contributed by atoms with Crippen molar-refractivity contribution < 1.29 is 9.53 Å². The average molecular weight is 377 g/mol. The van der Waals surface area contributed by atoms with E-state index in [0.717, 1.165) is 28.8 Å². The smallest absolute Gasteiger partial charge is 0.265 e. The van der Waals surface area contributed by atoms with E-state index < -0.39 is 6.10 Å². The number of benzene rings is 2. The fourth-order valence-electron chi connectivity index (χ4n) is 2.06. The Kier molecular flexibility index (Phi) is 6.62. The van der Waals surface area contributed by atoms with Gasteiger partial charge in [0.05, 0.1) is 4.47 Å². The molecule has 23 heavy (non-hydrogen) atoms. The quantitative estimate of drug-likeness (QED) is 0.768. The lowest BCUT2D eigenvalue weighted by molar-refractivity contribution is -0.122. The number of hydrogen-bond acceptors (Lipinski definition) is 3. The molecule has 0 fully saturated rings. The van der Waals surface area contributed by atoms with Crippen molar-refractivity contribution in [1.29, 1.82) is 0 Å². The molecule has 0 aliphatic heterocycles. The first-order chi connectivity index (χ1) is 11.1. The van der Waals surface area contributed by atoms with Gasteiger partial charge in [-0.2, -0.15) is 0 Å². The topological polar surface area (TPSA) is 50.4 Å². The first-order valence-corrected chi connectivity index (χ1v) is 8.41. The molecule has 0 radical (unpaired) electrons. The van der Waals surface area contributed by atoms with E-state index in [0.29, 0.717) is 5.75 Å². The minimum absolute atomic E-state index is 0.179. The van der Waals surface area contributed by atoms with Gasteiger partial charge in [-0.05, 0) is 59.2 Å². The van der Waals surface area contributed by atoms with Gasteiger partial charge < -0.3 is 15.4 Å². The van der Waals surface area contributed by atoms with Crippen LogP contribution in [0.2, 0.25) is 0 Å². The monoisotopic (exact) mass is 376 g/mol. The highest BCUT2D eigenvalue weighted by atomic mass is 79.9. The summed E-state index contributed by atoms with van der Waals surface area (Å²) in [6, 6.07) is 15.3. The van der Waals surface area contributed by atoms with Crippen molar-refractivity contribution in [2.45, 2.75) is 26.5 Å². The number of carbonyl (C=O) groups excluding carboxylic acids is 1. The number of amides is 1. The van der Waals surface area contributed by atoms with Gasteiger partial charge in [0.2, 0.25) is 0 Å². The van der Waals surface area contributed by atoms with Crippen LogP contribution < -0.4 is 15.4 Å². The molecule has 0 bridgehead atoms. The lowest BCUT2D eigenvalue weighted by atomic mass is 10.2. The number of rotatable bonds is 7. The Morgan fingerprint density at radius 1 is 1.22 bits per heavy atom. The molecule has 122 valence electrons. The lowest BCUT2D eigenvalue weighted by Crippen LogP contribution is -2.30. The summed E-state index contributed by atoms with van der Waals surface area (Å²) < 4.78 is 6.53. The predicted octanol–water partition coefficient (Wildman–Crippen LogP) is 3.96. The number of halogens is 1. The van der Waals surface area contributed by atoms with E-state index in [2.05, 4.69) is 33.5 Å². The van der Waals surface area contributed by atoms with Gasteiger partial charge in [-0.25, -0.2) is 0 Å². The van der Waals surface area contributed by atoms with Gasteiger partial charge >= 0.3 is 0 Å². The van der Waals surface area contributed by atoms with Gasteiger partial charge in [-0.1, -0.05) is 31.2 Å². The summed E-state index contributed by atoms with van der Waals surface area (Å²) in [6.45, 7) is 5.49. The molecule has 1 unspecified atom stereocenters. The van der Waals surface area contributed by atoms with Gasteiger partial charge in [-0.3, -0.25) is 4.79 Å². The molecule has 2 N–H and O–H groups in total. The summed E-state index contributed by atoms with van der Waals surface area (Å²) in [5.74, 6) is 0.470. The maximum absolute atomic E-state index is 12.3. The van der Waals surface area contributed by atoms with Crippen LogP contribution in [0.1, 0.15) is 19.4 Å². The molecule has 1 atom stereocenters. The molecular weight excluding hydrogens is 356 g/mol. The van der Waals surface area contributed by atoms with Crippen molar-refractivity contribution in [3.8, 4) is 5.75 Å². The summed E-state index contributed by atoms with van der Waals surface area (Å²) in [5.41, 5.74) is 1.90. The number of nitrogens with one attached hydrogen (secondary N) is 2. The van der Waals surface area contributed by atoms with Crippen LogP contribution in [-0.2, 0) is 11.3 Å². The maximum Gasteiger partial charge on any atom is 0.265 e. The standard InChI is InChI=1S/C18H21BrN2O2/c1-3-20-12-14-7-6-8-15(11-14)21-18(22)13(2)23-17-10-5-4-9-16(17)19/h4-11,13,20H,3,12H2,1-2H3,(H,21,22). The van der Waals surface area contributed by atoms with E-state index in [1.165, 1.54) is 0 Å². The zero-order valence-corrected chi connectivity index (χ0v) is 14.9. The zero-order valence-electron chi connectivity index (χ0n) is 13.3. The van der Waals surface area contributed by atoms with Crippen LogP contribution in [0.3, 0.4) is 0 Å². The Bertz CT molecular complexity index is 661. The highest BCUT2D eigenvalue weighted by Crippen LogP contribution is 2.25. The van der Waals surface area contributed by atoms with E-state index in [4.69, 9.17) is 4.74 Å². The first kappa shape index (κ1) is 17.5. The number of para-hydroxylation sites is 1. The molecule has 0 spiro atoms. The minimum Gasteiger partial charge on any atom is -0.480 e. The third-order valence-corrected chi connectivity index (χ3v) is 3.94. The first-order valence-electron chi connectivity index (χ1n) is 7.62. The Morgan fingerprint density at radius 2 is 2.00 bits per heavy atom. The number of anilines is 1. The van der Waals surface area contributed by atoms with Crippen LogP contribution in [0.25, 0.3) is 0 Å². The van der Waals surface area contributed by atoms with Crippen LogP contribution >= 0.6 is 15.9 Å². The number of ether oxygens (including phenoxy) is 1. The SMILES string of the molecule is CCNCc1cccc(NC(=O)C(C)Oc2ccccc2Br)c1. The van der Waals surface area contributed by atoms with E-state index in [-0.39, 0.29) is 5.91 Å². The maximum atomic E-state index is 12.3. The minimum atomic E-state index is -0.592. The fourth-order valence-corrected chi connectivity index (χ4v) is 2.43. The largest absolute Gasteiger partial charge is 0.480 e. The van der Waals surface area contributed by atoms with Crippen molar-refractivity contribution in [1.82, 2.24) is 5.32 Å². The van der Waals surface area contributed by atoms with E-state index in [1.807, 2.05) is 48.5 Å². The van der Waals surface area contributed by atoms with Crippen LogP contribution in [0.5, 0.6) is 5.75 Å². The second-order valence-corrected chi connectivity index (χ2v) is 6.01. The highest BCUT2D eigenvalue weighted by molar-refractivity contribution is 9.10. The average Bonchev–Trinajstić information content (AvgIpc) is 2.55. The highest BCUT2D eigenvalue weighted by Gasteiger charge is 2.16. The molecule has 0 saturated heterocycles. The van der Waals surface area contributed by atoms with Crippen molar-refractivity contribution in [2.75, 3.05) is 11.9 Å². The van der Waals surface area contributed by atoms with E-state index in [9.17, 15) is 4.79 Å². The molecule has 1 amide bonds. The van der Waals surface area contributed by atoms with E-state index in [1.54, 1.807) is 6.92 Å². The summed E-state index contributed by atoms with van der Waals surface area (Å²) in [4.78, 5) is 12.3. The second-order valence-electron chi connectivity index (χ2n) is 5.16. The molecule has 2 rings (SSSR count). The van der Waals surface area contributed by atoms with Gasteiger partial charge in [0.1, 0.15) is 5.75 Å². The van der Waals surface area contributed by atoms with Gasteiger partial charge in [0.25, 0.3) is 5.91 Å². The molecule has 4 nitrogen and oxygen atoms in total. The molecule has 0 aliphatic rings. The van der Waals surface area contributed by atoms with Gasteiger partial charge in [0, 0.05) is 12.2 Å². The van der Waals surface area contributed by atoms with Crippen molar-refractivity contribution in [3.05, 3.63) is 58.6 Å². The summed E-state index contributed by atoms with van der Waals surface area (Å²) in [7, 11) is 0. The predicted molar refractivity (Wildman–Crippen MR) is 96.7 cm³/mol. The third-order valence-electron chi connectivity index (χ3n) is 3.28. The summed E-state index contributed by atoms with van der Waals surface area (Å²) >= 11 is 3.41. The van der Waals surface area contributed by atoms with Crippen molar-refractivity contribution in [2.24, 2.45) is 0 Å². The van der Waals surface area contributed by atoms with E-state index >= 15 is 0 Å². The Labute approximate surface area is 145 Å². The van der Waals surface area contributed by atoms with Crippen LogP contribution in [0.4, 0.5) is 5.69 Å². The Hall–Kier alpha value is -1.85. The number of hydrogen-bond donors (Lipinski definition) is 2. The zero-order chi connectivity index (χ0) is 16.7. The molecule has 0 saturated carbocycles. The van der Waals surface area contributed by atoms with Gasteiger partial charge in [0.15, 0.2) is 6.10 Å². The van der Waals surface area contributed by atoms with Crippen LogP contribution in [0.15, 0.2) is 53.0 Å². The molecular formula is C18H21BrN2O2. The molecule has 2 aromatic carbocycles. The molecule has 5 heteroatoms. The Balaban J connectivity index is 1.97. The van der Waals surface area contributed by atoms with Crippen molar-refractivity contribution >= 4 is 27.5 Å². The van der Waals surface area contributed by atoms with Crippen molar-refractivity contribution in [3.63, 3.8) is 0 Å². The normalized spacial score (nSPS) is 11.8. The lowest BCUT2D eigenvalue weighted by Gasteiger charge is -2.16. The van der Waals surface area contributed by atoms with Crippen LogP contribution in [-0.4, -0.2) is 18.6 Å². The van der Waals surface area contributed by atoms with Crippen LogP contribution in [0, 0.1) is 0 Å². The summed E-state index contributed by atoms with van der Waals surface area (Å²) in [6.07, 6.45) is -0.592. The fraction of sp³-hybridized carbons (Fsp3) is 0.278. The summed E-state index contributed by atoms with van der Waals surface area (Å²) in [5, 5.41) is 6.16. The third kappa shape index (κ3) is 5.37. The molecule has 0 heterocycles. The molecule has 0 aliphatic carbocycles. The Morgan fingerprint density at radius 3 is 2.74 bits per heavy atom. The molecule has 0 aromatic heterocycles. The second kappa shape index (κ2) is 8.70. The number of carbonyl (C=O) groups is 1. The van der Waals surface area contributed by atoms with Gasteiger partial charge in [-0.15, -0.1) is 0 Å². The molecule has 2 aromatic rings.